The fourth-order valence-corrected chi connectivity index (χ4v) is 1.51. The van der Waals surface area contributed by atoms with Crippen molar-refractivity contribution >= 4 is 28.9 Å². The molecule has 0 aliphatic rings. The highest BCUT2D eigenvalue weighted by atomic mass is 35.5. The summed E-state index contributed by atoms with van der Waals surface area (Å²) in [6.07, 6.45) is 1.38. The molecule has 0 spiro atoms. The van der Waals surface area contributed by atoms with Crippen molar-refractivity contribution in [2.45, 2.75) is 6.92 Å². The second kappa shape index (κ2) is 4.77. The number of aryl methyl sites for hydroxylation is 1. The molecule has 0 saturated carbocycles. The Kier molecular flexibility index (Phi) is 3.36. The fourth-order valence-electron chi connectivity index (χ4n) is 1.23. The van der Waals surface area contributed by atoms with Gasteiger partial charge in [-0.25, -0.2) is 4.98 Å². The Morgan fingerprint density at radius 1 is 1.29 bits per heavy atom. The number of benzene rings is 1. The summed E-state index contributed by atoms with van der Waals surface area (Å²) < 4.78 is 5.51. The van der Waals surface area contributed by atoms with Gasteiger partial charge in [0.1, 0.15) is 11.4 Å². The summed E-state index contributed by atoms with van der Waals surface area (Å²) in [6, 6.07) is 5.41. The third kappa shape index (κ3) is 2.78. The van der Waals surface area contributed by atoms with E-state index in [1.165, 1.54) is 6.20 Å². The van der Waals surface area contributed by atoms with Crippen LogP contribution in [-0.4, -0.2) is 9.97 Å². The lowest BCUT2D eigenvalue weighted by molar-refractivity contribution is 0.464. The molecule has 0 amide bonds. The zero-order valence-corrected chi connectivity index (χ0v) is 10.5. The van der Waals surface area contributed by atoms with E-state index in [0.29, 0.717) is 16.5 Å². The molecule has 1 aromatic heterocycles. The molecular formula is C11H9Cl2N3O. The first kappa shape index (κ1) is 12.0. The highest BCUT2D eigenvalue weighted by Crippen LogP contribution is 2.31. The number of ether oxygens (including phenoxy) is 1. The molecule has 1 aromatic carbocycles. The summed E-state index contributed by atoms with van der Waals surface area (Å²) >= 11 is 11.7. The maximum Gasteiger partial charge on any atom is 0.247 e. The maximum absolute atomic E-state index is 6.00. The van der Waals surface area contributed by atoms with Crippen molar-refractivity contribution in [3.05, 3.63) is 40.3 Å². The smallest absolute Gasteiger partial charge is 0.247 e. The first-order valence-corrected chi connectivity index (χ1v) is 5.54. The number of hydrogen-bond donors (Lipinski definition) is 1. The van der Waals surface area contributed by atoms with Gasteiger partial charge in [-0.3, -0.25) is 0 Å². The normalized spacial score (nSPS) is 10.3. The van der Waals surface area contributed by atoms with E-state index in [1.54, 1.807) is 12.1 Å². The van der Waals surface area contributed by atoms with Crippen molar-refractivity contribution in [3.63, 3.8) is 0 Å². The average Bonchev–Trinajstić information content (AvgIpc) is 2.28. The third-order valence-corrected chi connectivity index (χ3v) is 2.54. The van der Waals surface area contributed by atoms with E-state index in [4.69, 9.17) is 33.7 Å². The van der Waals surface area contributed by atoms with Crippen LogP contribution in [0.2, 0.25) is 10.3 Å². The third-order valence-electron chi connectivity index (χ3n) is 2.04. The van der Waals surface area contributed by atoms with Gasteiger partial charge in [-0.15, -0.1) is 0 Å². The monoisotopic (exact) mass is 269 g/mol. The first-order chi connectivity index (χ1) is 8.06. The molecule has 0 atom stereocenters. The predicted molar refractivity (Wildman–Crippen MR) is 67.7 cm³/mol. The molecule has 0 unspecified atom stereocenters. The predicted octanol–water partition coefficient (Wildman–Crippen LogP) is 3.47. The summed E-state index contributed by atoms with van der Waals surface area (Å²) in [6.45, 7) is 1.93. The number of anilines is 1. The molecule has 0 saturated heterocycles. The van der Waals surface area contributed by atoms with E-state index in [2.05, 4.69) is 9.97 Å². The summed E-state index contributed by atoms with van der Waals surface area (Å²) in [5, 5.41) is 0.544. The van der Waals surface area contributed by atoms with Crippen LogP contribution in [0.5, 0.6) is 11.6 Å². The molecule has 6 heteroatoms. The number of halogens is 2. The van der Waals surface area contributed by atoms with E-state index in [9.17, 15) is 0 Å². The highest BCUT2D eigenvalue weighted by Gasteiger charge is 2.09. The minimum absolute atomic E-state index is 0.0676. The number of rotatable bonds is 2. The van der Waals surface area contributed by atoms with Gasteiger partial charge in [-0.05, 0) is 36.2 Å². The fraction of sp³-hybridized carbons (Fsp3) is 0.0909. The van der Waals surface area contributed by atoms with Gasteiger partial charge in [0, 0.05) is 0 Å². The zero-order chi connectivity index (χ0) is 12.4. The molecule has 0 aliphatic carbocycles. The molecule has 88 valence electrons. The molecule has 2 rings (SSSR count). The summed E-state index contributed by atoms with van der Waals surface area (Å²) in [5.41, 5.74) is 6.99. The Balaban J connectivity index is 2.37. The van der Waals surface area contributed by atoms with Crippen LogP contribution in [0.1, 0.15) is 5.56 Å². The van der Waals surface area contributed by atoms with Crippen LogP contribution in [0.25, 0.3) is 0 Å². The molecule has 17 heavy (non-hydrogen) atoms. The van der Waals surface area contributed by atoms with E-state index in [1.807, 2.05) is 13.0 Å². The van der Waals surface area contributed by atoms with Crippen LogP contribution in [0.3, 0.4) is 0 Å². The summed E-state index contributed by atoms with van der Waals surface area (Å²) in [5.74, 6) is 0.672. The Bertz CT molecular complexity index is 511. The van der Waals surface area contributed by atoms with Gasteiger partial charge >= 0.3 is 0 Å². The summed E-state index contributed by atoms with van der Waals surface area (Å²) in [7, 11) is 0. The van der Waals surface area contributed by atoms with E-state index in [0.717, 1.165) is 5.56 Å². The summed E-state index contributed by atoms with van der Waals surface area (Å²) in [4.78, 5) is 7.62. The molecule has 0 radical (unpaired) electrons. The van der Waals surface area contributed by atoms with Crippen molar-refractivity contribution in [1.29, 1.82) is 0 Å². The van der Waals surface area contributed by atoms with Crippen molar-refractivity contribution < 1.29 is 4.74 Å². The number of aromatic nitrogens is 2. The molecule has 2 N–H and O–H groups in total. The maximum atomic E-state index is 6.00. The first-order valence-electron chi connectivity index (χ1n) is 4.78. The molecule has 4 nitrogen and oxygen atoms in total. The van der Waals surface area contributed by atoms with Gasteiger partial charge < -0.3 is 10.5 Å². The second-order valence-electron chi connectivity index (χ2n) is 3.44. The van der Waals surface area contributed by atoms with Crippen molar-refractivity contribution in [2.75, 3.05) is 5.73 Å². The van der Waals surface area contributed by atoms with Crippen LogP contribution in [0.4, 0.5) is 5.69 Å². The standard InChI is InChI=1S/C11H9Cl2N3O/c1-6-2-3-7(12)9(4-6)17-10-8(14)5-15-11(13)16-10/h2-5H,14H2,1H3. The topological polar surface area (TPSA) is 61.0 Å². The van der Waals surface area contributed by atoms with Crippen LogP contribution < -0.4 is 10.5 Å². The Hall–Kier alpha value is -1.52. The van der Waals surface area contributed by atoms with Gasteiger partial charge in [0.2, 0.25) is 11.2 Å². The average molecular weight is 270 g/mol. The quantitative estimate of drug-likeness (QED) is 0.849. The molecular weight excluding hydrogens is 261 g/mol. The van der Waals surface area contributed by atoms with Crippen LogP contribution >= 0.6 is 23.2 Å². The molecule has 1 heterocycles. The van der Waals surface area contributed by atoms with Crippen LogP contribution in [0, 0.1) is 6.92 Å². The minimum Gasteiger partial charge on any atom is -0.435 e. The second-order valence-corrected chi connectivity index (χ2v) is 4.18. The van der Waals surface area contributed by atoms with Gasteiger partial charge in [0.05, 0.1) is 11.2 Å². The molecule has 0 fully saturated rings. The lowest BCUT2D eigenvalue weighted by Crippen LogP contribution is -1.97. The van der Waals surface area contributed by atoms with Crippen LogP contribution in [-0.2, 0) is 0 Å². The van der Waals surface area contributed by atoms with E-state index in [-0.39, 0.29) is 11.2 Å². The van der Waals surface area contributed by atoms with Crippen molar-refractivity contribution in [3.8, 4) is 11.6 Å². The molecule has 0 bridgehead atoms. The number of nitrogens with zero attached hydrogens (tertiary/aromatic N) is 2. The number of hydrogen-bond acceptors (Lipinski definition) is 4. The number of nitrogens with two attached hydrogens (primary N) is 1. The van der Waals surface area contributed by atoms with Gasteiger partial charge in [0.15, 0.2) is 0 Å². The lowest BCUT2D eigenvalue weighted by Gasteiger charge is -2.09. The lowest BCUT2D eigenvalue weighted by atomic mass is 10.2. The minimum atomic E-state index is 0.0676. The molecule has 2 aromatic rings. The molecule has 0 aliphatic heterocycles. The van der Waals surface area contributed by atoms with E-state index >= 15 is 0 Å². The Morgan fingerprint density at radius 3 is 2.82 bits per heavy atom. The van der Waals surface area contributed by atoms with Crippen molar-refractivity contribution in [1.82, 2.24) is 9.97 Å². The van der Waals surface area contributed by atoms with Crippen molar-refractivity contribution in [2.24, 2.45) is 0 Å². The largest absolute Gasteiger partial charge is 0.435 e. The van der Waals surface area contributed by atoms with Gasteiger partial charge in [0.25, 0.3) is 0 Å². The Morgan fingerprint density at radius 2 is 2.06 bits per heavy atom. The van der Waals surface area contributed by atoms with Gasteiger partial charge in [-0.1, -0.05) is 17.7 Å². The number of nitrogen functional groups attached to an aromatic ring is 1. The zero-order valence-electron chi connectivity index (χ0n) is 8.95. The van der Waals surface area contributed by atoms with Crippen LogP contribution in [0.15, 0.2) is 24.4 Å². The highest BCUT2D eigenvalue weighted by molar-refractivity contribution is 6.32. The SMILES string of the molecule is Cc1ccc(Cl)c(Oc2nc(Cl)ncc2N)c1. The van der Waals surface area contributed by atoms with Gasteiger partial charge in [-0.2, -0.15) is 4.98 Å². The van der Waals surface area contributed by atoms with E-state index < -0.39 is 0 Å². The Labute approximate surface area is 108 Å².